The zero-order chi connectivity index (χ0) is 85.3. The van der Waals surface area contributed by atoms with Crippen molar-refractivity contribution in [2.45, 2.75) is 140 Å². The third-order valence-corrected chi connectivity index (χ3v) is 24.3. The highest BCUT2D eigenvalue weighted by Crippen LogP contribution is 2.56. The van der Waals surface area contributed by atoms with Crippen molar-refractivity contribution in [3.8, 4) is 12.1 Å². The van der Waals surface area contributed by atoms with E-state index in [0.717, 1.165) is 4.90 Å². The van der Waals surface area contributed by atoms with E-state index in [4.69, 9.17) is 68.1 Å². The van der Waals surface area contributed by atoms with Crippen molar-refractivity contribution < 1.29 is 84.9 Å². The van der Waals surface area contributed by atoms with Gasteiger partial charge in [-0.1, -0.05) is 97.9 Å². The molecule has 0 spiro atoms. The van der Waals surface area contributed by atoms with Crippen molar-refractivity contribution in [2.24, 2.45) is 5.92 Å². The highest BCUT2D eigenvalue weighted by Gasteiger charge is 2.52. The Morgan fingerprint density at radius 1 is 0.587 bits per heavy atom. The number of nitrogens with zero attached hydrogens (tertiary/aromatic N) is 16. The molecule has 121 heavy (non-hydrogen) atoms. The van der Waals surface area contributed by atoms with Crippen LogP contribution >= 0.6 is 15.2 Å². The summed E-state index contributed by atoms with van der Waals surface area (Å²) in [5.74, 6) is -3.47. The second kappa shape index (κ2) is 40.6. The van der Waals surface area contributed by atoms with Gasteiger partial charge in [0, 0.05) is 60.2 Å². The molecule has 3 fully saturated rings. The van der Waals surface area contributed by atoms with Crippen molar-refractivity contribution in [1.82, 2.24) is 63.2 Å². The summed E-state index contributed by atoms with van der Waals surface area (Å²) in [4.78, 5) is 121. The lowest BCUT2D eigenvalue weighted by Gasteiger charge is -2.37. The fourth-order valence-corrected chi connectivity index (χ4v) is 17.8. The van der Waals surface area contributed by atoms with Crippen LogP contribution in [0, 0.1) is 28.6 Å². The summed E-state index contributed by atoms with van der Waals surface area (Å²) < 4.78 is 75.7. The number of aromatic nitrogens is 12. The number of carbonyl (C=O) groups is 6. The molecule has 11 aromatic rings. The van der Waals surface area contributed by atoms with Crippen LogP contribution in [0.2, 0.25) is 0 Å². The average Bonchev–Trinajstić information content (AvgIpc) is 1.62. The van der Waals surface area contributed by atoms with E-state index in [-0.39, 0.29) is 126 Å². The maximum Gasteiger partial charge on any atom is 0.338 e. The lowest BCUT2D eigenvalue weighted by molar-refractivity contribution is -0.141. The first-order chi connectivity index (χ1) is 58.7. The molecule has 0 aliphatic carbocycles. The fourth-order valence-electron chi connectivity index (χ4n) is 14.0. The molecule has 39 heteroatoms. The summed E-state index contributed by atoms with van der Waals surface area (Å²) in [7, 11) is 1.19. The topological polar surface area (TPSA) is 433 Å². The van der Waals surface area contributed by atoms with Gasteiger partial charge >= 0.3 is 18.7 Å². The molecule has 628 valence electrons. The van der Waals surface area contributed by atoms with E-state index in [0.29, 0.717) is 35.1 Å². The van der Waals surface area contributed by atoms with Crippen LogP contribution in [0.25, 0.3) is 33.5 Å². The molecule has 0 radical (unpaired) electrons. The number of anilines is 3. The standard InChI is InChI=1S/C53H48N11O12PS.C29H38N7O6P/c1-32-38(27-72-77(78,71-25-15-24-54)76-43-42(70-2)37(26-65)73-52(43)62-30-59-39-44(55-28-56-45(39)62)61-48(66)33-16-7-3-8-17-33)74-51(41(32)75-53(69)36-22-13-6-14-23-36)63-31-60-40-46(63)57-29-58-47(40)64(49(67)34-18-9-4-10-19-34)50(68)35-20-11-5-12-21-35;1-19(2)36(20(3)4)43(40-15-9-14-30)42-23-16-22(12-13-24(37)39-5)41-29(23)35-18-33-25-26(31-17-32-27(25)35)34-28(38)21-10-7-6-8-11-21/h3-14,16-23,28-32,37-38,41-43,51-52,65H,15,25-27H2,1-2H3,(H,55,56,61,66);6-8,10-11,17-20,22-23,29H,9,12-13,15-16H2,1-5H3,(H,31,32,34,38)/t32-,37-,38-,41-,42-,43-,51-,52-,77?;22-,23-,29-,43?/m11/s1. The van der Waals surface area contributed by atoms with Gasteiger partial charge in [0.2, 0.25) is 0 Å². The zero-order valence-electron chi connectivity index (χ0n) is 66.6. The second-order valence-electron chi connectivity index (χ2n) is 28.3. The van der Waals surface area contributed by atoms with Gasteiger partial charge in [0.05, 0.1) is 95.3 Å². The maximum absolute atomic E-state index is 14.3. The van der Waals surface area contributed by atoms with Crippen LogP contribution in [0.1, 0.15) is 137 Å². The van der Waals surface area contributed by atoms with Gasteiger partial charge in [-0.25, -0.2) is 59.2 Å². The predicted octanol–water partition coefficient (Wildman–Crippen LogP) is 11.6. The Morgan fingerprint density at radius 3 is 1.56 bits per heavy atom. The van der Waals surface area contributed by atoms with Crippen molar-refractivity contribution in [1.29, 1.82) is 10.5 Å². The van der Waals surface area contributed by atoms with E-state index in [9.17, 15) is 39.1 Å². The number of amides is 4. The van der Waals surface area contributed by atoms with Gasteiger partial charge in [0.1, 0.15) is 43.4 Å². The Morgan fingerprint density at radius 2 is 1.06 bits per heavy atom. The summed E-state index contributed by atoms with van der Waals surface area (Å²) >= 11 is 6.11. The molecule has 0 bridgehead atoms. The molecule has 36 nitrogen and oxygen atoms in total. The lowest BCUT2D eigenvalue weighted by atomic mass is 10.0. The van der Waals surface area contributed by atoms with Crippen molar-refractivity contribution >= 4 is 114 Å². The van der Waals surface area contributed by atoms with Crippen LogP contribution in [0.5, 0.6) is 0 Å². The number of hydrogen-bond acceptors (Lipinski definition) is 31. The molecule has 3 N–H and O–H groups in total. The number of nitriles is 2. The number of aliphatic hydroxyl groups is 1. The van der Waals surface area contributed by atoms with E-state index in [1.165, 1.54) is 55.0 Å². The Bertz CT molecular complexity index is 5500. The zero-order valence-corrected chi connectivity index (χ0v) is 69.2. The van der Waals surface area contributed by atoms with Crippen molar-refractivity contribution in [3.63, 3.8) is 0 Å². The largest absolute Gasteiger partial charge is 0.469 e. The Labute approximate surface area is 700 Å². The van der Waals surface area contributed by atoms with Gasteiger partial charge in [-0.3, -0.25) is 42.2 Å². The van der Waals surface area contributed by atoms with E-state index >= 15 is 0 Å². The Kier molecular flexibility index (Phi) is 29.3. The highest BCUT2D eigenvalue weighted by molar-refractivity contribution is 8.07. The third kappa shape index (κ3) is 20.2. The highest BCUT2D eigenvalue weighted by atomic mass is 32.5. The molecule has 9 heterocycles. The van der Waals surface area contributed by atoms with E-state index < -0.39 is 107 Å². The molecule has 3 saturated heterocycles. The van der Waals surface area contributed by atoms with Gasteiger partial charge < -0.3 is 62.3 Å². The average molecular weight is 1710 g/mol. The number of methoxy groups -OCH3 is 2. The molecule has 4 amide bonds. The molecule has 0 saturated carbocycles. The van der Waals surface area contributed by atoms with Crippen molar-refractivity contribution in [3.05, 3.63) is 217 Å². The molecule has 5 aromatic carbocycles. The number of ether oxygens (including phenoxy) is 6. The van der Waals surface area contributed by atoms with E-state index in [1.807, 2.05) is 12.1 Å². The number of rotatable bonds is 33. The van der Waals surface area contributed by atoms with Crippen LogP contribution in [0.3, 0.4) is 0 Å². The predicted molar refractivity (Wildman–Crippen MR) is 440 cm³/mol. The third-order valence-electron chi connectivity index (χ3n) is 19.8. The number of carbonyl (C=O) groups excluding carboxylic acids is 6. The normalized spacial score (nSPS) is 20.8. The Balaban J connectivity index is 0.000000248. The van der Waals surface area contributed by atoms with Gasteiger partial charge in [-0.05, 0) is 107 Å². The quantitative estimate of drug-likeness (QED) is 0.0149. The minimum absolute atomic E-state index is 0.0532. The monoisotopic (exact) mass is 1700 g/mol. The van der Waals surface area contributed by atoms with E-state index in [1.54, 1.807) is 163 Å². The second-order valence-corrected chi connectivity index (χ2v) is 32.7. The smallest absolute Gasteiger partial charge is 0.338 e. The number of fused-ring (bicyclic) bond motifs is 3. The summed E-state index contributed by atoms with van der Waals surface area (Å²) in [5.41, 5.74) is 3.02. The van der Waals surface area contributed by atoms with E-state index in [2.05, 4.69) is 93.9 Å². The lowest BCUT2D eigenvalue weighted by Crippen LogP contribution is -2.38. The van der Waals surface area contributed by atoms with Crippen LogP contribution < -0.4 is 15.5 Å². The first-order valence-electron chi connectivity index (χ1n) is 38.6. The summed E-state index contributed by atoms with van der Waals surface area (Å²) in [6.45, 7) is 5.24. The van der Waals surface area contributed by atoms with Gasteiger partial charge in [-0.2, -0.15) is 10.5 Å². The molecule has 3 aliphatic heterocycles. The number of imide groups is 1. The number of aliphatic hydroxyl groups excluding tert-OH is 1. The summed E-state index contributed by atoms with van der Waals surface area (Å²) in [5, 5.41) is 34.8. The number of nitrogens with one attached hydrogen (secondary N) is 2. The molecular weight excluding hydrogens is 1620 g/mol. The maximum atomic E-state index is 14.3. The van der Waals surface area contributed by atoms with Crippen LogP contribution in [0.15, 0.2) is 190 Å². The summed E-state index contributed by atoms with van der Waals surface area (Å²) in [6, 6.07) is 46.6. The molecule has 6 aromatic heterocycles. The molecule has 14 rings (SSSR count). The van der Waals surface area contributed by atoms with Crippen molar-refractivity contribution in [2.75, 3.05) is 56.2 Å². The molecule has 3 aliphatic rings. The van der Waals surface area contributed by atoms with Crippen LogP contribution in [-0.2, 0) is 67.6 Å². The Hall–Kier alpha value is -11.6. The SMILES string of the molecule is COC(=O)CC[C@@H]1C[C@@H](OP(OCCC#N)N(C(C)C)C(C)C)[C@H](n2cnc3c(NC(=O)c4ccccc4)ncnc32)O1.CO[C@H]1[C@@H](OP(=S)(OCCC#N)OC[C@H]2O[C@@H](n3cnc4c(N(C(=O)c5ccccc5)C(=O)c5ccccc5)ncnc43)[C@H](OC(=O)c3ccccc3)[C@@H]2C)[C@H](n2cnc3c(NC(=O)c4ccccc4)ncnc32)O[C@@H]1CO. The summed E-state index contributed by atoms with van der Waals surface area (Å²) in [6.07, 6.45) is 0.507. The number of esters is 2. The first-order valence-corrected chi connectivity index (χ1v) is 42.3. The van der Waals surface area contributed by atoms with Gasteiger partial charge in [-0.15, -0.1) is 0 Å². The molecule has 2 unspecified atom stereocenters. The van der Waals surface area contributed by atoms with Crippen LogP contribution in [0.4, 0.5) is 17.5 Å². The minimum atomic E-state index is -4.01. The minimum Gasteiger partial charge on any atom is -0.469 e. The number of benzene rings is 5. The van der Waals surface area contributed by atoms with Gasteiger partial charge in [0.15, 0.2) is 75.7 Å². The first kappa shape index (κ1) is 87.2. The fraction of sp³-hybridized carbons (Fsp3) is 0.354. The number of hydrogen-bond donors (Lipinski definition) is 3. The molecule has 13 atom stereocenters. The van der Waals surface area contributed by atoms with Gasteiger partial charge in [0.25, 0.3) is 32.2 Å². The molecular formula is C82H86N18O18P2S. The number of imidazole rings is 3. The van der Waals surface area contributed by atoms with Crippen LogP contribution in [-0.4, -0.2) is 199 Å².